The van der Waals surface area contributed by atoms with Crippen LogP contribution in [-0.4, -0.2) is 34.5 Å². The van der Waals surface area contributed by atoms with Crippen LogP contribution in [0, 0.1) is 0 Å². The van der Waals surface area contributed by atoms with Crippen LogP contribution in [0.4, 0.5) is 0 Å². The first-order chi connectivity index (χ1) is 10.0. The number of likely N-dealkylation sites (tertiary alicyclic amines) is 1. The second-order valence-electron chi connectivity index (χ2n) is 5.26. The lowest BCUT2D eigenvalue weighted by atomic mass is 9.90. The summed E-state index contributed by atoms with van der Waals surface area (Å²) in [4.78, 5) is 18.1. The summed E-state index contributed by atoms with van der Waals surface area (Å²) in [7, 11) is 1.71. The van der Waals surface area contributed by atoms with Crippen molar-refractivity contribution in [2.45, 2.75) is 12.0 Å². The van der Waals surface area contributed by atoms with Gasteiger partial charge in [-0.2, -0.15) is 0 Å². The summed E-state index contributed by atoms with van der Waals surface area (Å²) in [5.74, 6) is -0.248. The van der Waals surface area contributed by atoms with Crippen LogP contribution >= 0.6 is 15.9 Å². The normalized spacial score (nSPS) is 21.9. The van der Waals surface area contributed by atoms with Gasteiger partial charge in [0.15, 0.2) is 5.60 Å². The Balaban J connectivity index is 2.03. The van der Waals surface area contributed by atoms with E-state index < -0.39 is 5.60 Å². The van der Waals surface area contributed by atoms with E-state index in [0.29, 0.717) is 18.5 Å². The van der Waals surface area contributed by atoms with Crippen molar-refractivity contribution in [3.63, 3.8) is 0 Å². The highest BCUT2D eigenvalue weighted by Gasteiger charge is 2.45. The molecule has 108 valence electrons. The first kappa shape index (κ1) is 14.2. The zero-order valence-corrected chi connectivity index (χ0v) is 13.2. The summed E-state index contributed by atoms with van der Waals surface area (Å²) in [6.45, 7) is 0.564. The van der Waals surface area contributed by atoms with Crippen LogP contribution in [0.3, 0.4) is 0 Å². The van der Waals surface area contributed by atoms with E-state index >= 15 is 0 Å². The van der Waals surface area contributed by atoms with Crippen molar-refractivity contribution in [2.75, 3.05) is 13.6 Å². The average molecular weight is 347 g/mol. The van der Waals surface area contributed by atoms with Crippen molar-refractivity contribution in [3.8, 4) is 11.3 Å². The fourth-order valence-electron chi connectivity index (χ4n) is 2.63. The molecule has 3 rings (SSSR count). The lowest BCUT2D eigenvalue weighted by Crippen LogP contribution is -2.36. The van der Waals surface area contributed by atoms with E-state index in [-0.39, 0.29) is 5.91 Å². The molecule has 1 fully saturated rings. The lowest BCUT2D eigenvalue weighted by Gasteiger charge is -2.21. The van der Waals surface area contributed by atoms with Crippen molar-refractivity contribution in [1.82, 2.24) is 9.88 Å². The molecule has 1 aliphatic heterocycles. The summed E-state index contributed by atoms with van der Waals surface area (Å²) in [6, 6.07) is 13.1. The summed E-state index contributed by atoms with van der Waals surface area (Å²) in [6.07, 6.45) is 0.414. The molecule has 21 heavy (non-hydrogen) atoms. The van der Waals surface area contributed by atoms with Gasteiger partial charge in [0.1, 0.15) is 4.60 Å². The molecule has 0 spiro atoms. The molecule has 1 aliphatic rings. The van der Waals surface area contributed by atoms with E-state index in [1.54, 1.807) is 18.0 Å². The first-order valence-electron chi connectivity index (χ1n) is 6.72. The van der Waals surface area contributed by atoms with Gasteiger partial charge in [0.05, 0.1) is 5.69 Å². The molecule has 0 saturated carbocycles. The SMILES string of the molecule is CN1CCC(O)(c2cccc(-c3cccc(Br)n3)c2)C1=O. The third kappa shape index (κ3) is 2.47. The molecule has 1 atom stereocenters. The number of benzene rings is 1. The smallest absolute Gasteiger partial charge is 0.258 e. The van der Waals surface area contributed by atoms with Gasteiger partial charge in [0, 0.05) is 25.6 Å². The summed E-state index contributed by atoms with van der Waals surface area (Å²) in [5, 5.41) is 10.7. The maximum atomic E-state index is 12.2. The topological polar surface area (TPSA) is 53.4 Å². The van der Waals surface area contributed by atoms with Gasteiger partial charge in [-0.3, -0.25) is 4.79 Å². The molecule has 1 saturated heterocycles. The zero-order chi connectivity index (χ0) is 15.0. The number of carbonyl (C=O) groups excluding carboxylic acids is 1. The molecule has 2 heterocycles. The Morgan fingerprint density at radius 1 is 1.29 bits per heavy atom. The van der Waals surface area contributed by atoms with Crippen molar-refractivity contribution >= 4 is 21.8 Å². The number of carbonyl (C=O) groups is 1. The number of aromatic nitrogens is 1. The highest BCUT2D eigenvalue weighted by atomic mass is 79.9. The predicted molar refractivity (Wildman–Crippen MR) is 83.5 cm³/mol. The average Bonchev–Trinajstić information content (AvgIpc) is 2.76. The third-order valence-electron chi connectivity index (χ3n) is 3.86. The lowest BCUT2D eigenvalue weighted by molar-refractivity contribution is -0.143. The van der Waals surface area contributed by atoms with Crippen LogP contribution in [0.5, 0.6) is 0 Å². The molecular weight excluding hydrogens is 332 g/mol. The number of rotatable bonds is 2. The third-order valence-corrected chi connectivity index (χ3v) is 4.30. The van der Waals surface area contributed by atoms with Crippen LogP contribution in [0.2, 0.25) is 0 Å². The summed E-state index contributed by atoms with van der Waals surface area (Å²) >= 11 is 3.35. The van der Waals surface area contributed by atoms with Gasteiger partial charge >= 0.3 is 0 Å². The van der Waals surface area contributed by atoms with E-state index in [2.05, 4.69) is 20.9 Å². The molecule has 1 aromatic heterocycles. The number of likely N-dealkylation sites (N-methyl/N-ethyl adjacent to an activating group) is 1. The molecule has 5 heteroatoms. The number of hydrogen-bond acceptors (Lipinski definition) is 3. The predicted octanol–water partition coefficient (Wildman–Crippen LogP) is 2.56. The maximum Gasteiger partial charge on any atom is 0.258 e. The van der Waals surface area contributed by atoms with E-state index in [1.807, 2.05) is 36.4 Å². The maximum absolute atomic E-state index is 12.2. The molecule has 0 bridgehead atoms. The fourth-order valence-corrected chi connectivity index (χ4v) is 2.97. The molecule has 1 unspecified atom stereocenters. The molecule has 4 nitrogen and oxygen atoms in total. The molecular formula is C16H15BrN2O2. The van der Waals surface area contributed by atoms with E-state index in [4.69, 9.17) is 0 Å². The molecule has 1 N–H and O–H groups in total. The van der Waals surface area contributed by atoms with Crippen LogP contribution in [0.1, 0.15) is 12.0 Å². The quantitative estimate of drug-likeness (QED) is 0.850. The van der Waals surface area contributed by atoms with Gasteiger partial charge in [-0.15, -0.1) is 0 Å². The van der Waals surface area contributed by atoms with Crippen molar-refractivity contribution in [2.24, 2.45) is 0 Å². The number of hydrogen-bond donors (Lipinski definition) is 1. The second kappa shape index (κ2) is 5.24. The van der Waals surface area contributed by atoms with Crippen molar-refractivity contribution < 1.29 is 9.90 Å². The Kier molecular flexibility index (Phi) is 3.55. The van der Waals surface area contributed by atoms with E-state index in [0.717, 1.165) is 15.9 Å². The molecule has 0 aliphatic carbocycles. The van der Waals surface area contributed by atoms with Gasteiger partial charge in [0.2, 0.25) is 0 Å². The van der Waals surface area contributed by atoms with Gasteiger partial charge in [0.25, 0.3) is 5.91 Å². The zero-order valence-electron chi connectivity index (χ0n) is 11.6. The van der Waals surface area contributed by atoms with Crippen LogP contribution in [0.25, 0.3) is 11.3 Å². The first-order valence-corrected chi connectivity index (χ1v) is 7.51. The molecule has 0 radical (unpaired) electrons. The van der Waals surface area contributed by atoms with Crippen LogP contribution < -0.4 is 0 Å². The molecule has 1 amide bonds. The van der Waals surface area contributed by atoms with Crippen molar-refractivity contribution in [1.29, 1.82) is 0 Å². The minimum absolute atomic E-state index is 0.248. The standard InChI is InChI=1S/C16H15BrN2O2/c1-19-9-8-16(21,15(19)20)12-5-2-4-11(10-12)13-6-3-7-14(17)18-13/h2-7,10,21H,8-9H2,1H3. The Bertz CT molecular complexity index is 704. The summed E-state index contributed by atoms with van der Waals surface area (Å²) < 4.78 is 0.751. The van der Waals surface area contributed by atoms with Gasteiger partial charge in [-0.05, 0) is 39.7 Å². The fraction of sp³-hybridized carbons (Fsp3) is 0.250. The number of amides is 1. The van der Waals surface area contributed by atoms with Crippen molar-refractivity contribution in [3.05, 3.63) is 52.6 Å². The Labute approximate surface area is 131 Å². The minimum atomic E-state index is -1.42. The largest absolute Gasteiger partial charge is 0.375 e. The molecule has 1 aromatic carbocycles. The Hall–Kier alpha value is -1.72. The number of halogens is 1. The summed E-state index contributed by atoms with van der Waals surface area (Å²) in [5.41, 5.74) is 0.880. The molecule has 2 aromatic rings. The van der Waals surface area contributed by atoms with E-state index in [9.17, 15) is 9.90 Å². The monoisotopic (exact) mass is 346 g/mol. The van der Waals surface area contributed by atoms with E-state index in [1.165, 1.54) is 0 Å². The second-order valence-corrected chi connectivity index (χ2v) is 6.08. The van der Waals surface area contributed by atoms with Gasteiger partial charge < -0.3 is 10.0 Å². The minimum Gasteiger partial charge on any atom is -0.375 e. The number of aliphatic hydroxyl groups is 1. The van der Waals surface area contributed by atoms with Gasteiger partial charge in [-0.25, -0.2) is 4.98 Å². The highest BCUT2D eigenvalue weighted by Crippen LogP contribution is 2.34. The Morgan fingerprint density at radius 2 is 2.05 bits per heavy atom. The van der Waals surface area contributed by atoms with Crippen LogP contribution in [-0.2, 0) is 10.4 Å². The number of nitrogens with zero attached hydrogens (tertiary/aromatic N) is 2. The Morgan fingerprint density at radius 3 is 2.71 bits per heavy atom. The highest BCUT2D eigenvalue weighted by molar-refractivity contribution is 9.10. The van der Waals surface area contributed by atoms with Crippen LogP contribution in [0.15, 0.2) is 47.1 Å². The number of pyridine rings is 1. The van der Waals surface area contributed by atoms with Gasteiger partial charge in [-0.1, -0.05) is 24.3 Å².